The summed E-state index contributed by atoms with van der Waals surface area (Å²) in [6.07, 6.45) is 1.52. The summed E-state index contributed by atoms with van der Waals surface area (Å²) in [7, 11) is 0. The van der Waals surface area contributed by atoms with Crippen molar-refractivity contribution in [3.63, 3.8) is 0 Å². The smallest absolute Gasteiger partial charge is 0.344 e. The molecule has 0 radical (unpaired) electrons. The van der Waals surface area contributed by atoms with E-state index in [4.69, 9.17) is 14.2 Å². The highest BCUT2D eigenvalue weighted by molar-refractivity contribution is 5.91. The molecule has 0 aliphatic carbocycles. The van der Waals surface area contributed by atoms with Crippen LogP contribution in [0.3, 0.4) is 0 Å². The molecule has 0 unspecified atom stereocenters. The Morgan fingerprint density at radius 3 is 2.52 bits per heavy atom. The molecular weight excluding hydrogens is 346 g/mol. The zero-order valence-corrected chi connectivity index (χ0v) is 15.7. The Kier molecular flexibility index (Phi) is 7.55. The summed E-state index contributed by atoms with van der Waals surface area (Å²) in [5.74, 6) is -0.207. The number of hydrogen-bond acceptors (Lipinski definition) is 6. The van der Waals surface area contributed by atoms with E-state index in [2.05, 4.69) is 4.99 Å². The van der Waals surface area contributed by atoms with Gasteiger partial charge in [-0.25, -0.2) is 9.59 Å². The van der Waals surface area contributed by atoms with Crippen molar-refractivity contribution in [2.24, 2.45) is 4.99 Å². The van der Waals surface area contributed by atoms with E-state index in [1.807, 2.05) is 12.1 Å². The van der Waals surface area contributed by atoms with Gasteiger partial charge in [0.15, 0.2) is 6.61 Å². The Balaban J connectivity index is 1.95. The minimum absolute atomic E-state index is 0.133. The fourth-order valence-electron chi connectivity index (χ4n) is 2.17. The molecular formula is C21H23NO5. The molecule has 0 amide bonds. The van der Waals surface area contributed by atoms with Crippen LogP contribution in [-0.2, 0) is 14.3 Å². The van der Waals surface area contributed by atoms with E-state index in [9.17, 15) is 9.59 Å². The van der Waals surface area contributed by atoms with E-state index < -0.39 is 5.97 Å². The summed E-state index contributed by atoms with van der Waals surface area (Å²) >= 11 is 0. The molecule has 0 saturated carbocycles. The third-order valence-corrected chi connectivity index (χ3v) is 3.32. The lowest BCUT2D eigenvalue weighted by atomic mass is 10.2. The van der Waals surface area contributed by atoms with Crippen LogP contribution in [0.25, 0.3) is 0 Å². The van der Waals surface area contributed by atoms with Crippen LogP contribution in [0.1, 0.15) is 36.7 Å². The van der Waals surface area contributed by atoms with Gasteiger partial charge in [-0.15, -0.1) is 0 Å². The predicted molar refractivity (Wildman–Crippen MR) is 103 cm³/mol. The van der Waals surface area contributed by atoms with Gasteiger partial charge in [0, 0.05) is 6.21 Å². The monoisotopic (exact) mass is 369 g/mol. The Bertz CT molecular complexity index is 796. The third kappa shape index (κ3) is 6.93. The molecule has 0 fully saturated rings. The molecule has 27 heavy (non-hydrogen) atoms. The fourth-order valence-corrected chi connectivity index (χ4v) is 2.17. The van der Waals surface area contributed by atoms with E-state index in [-0.39, 0.29) is 18.7 Å². The molecule has 142 valence electrons. The first kappa shape index (κ1) is 20.2. The predicted octanol–water partition coefficient (Wildman–Crippen LogP) is 3.94. The number of nitrogens with zero attached hydrogens (tertiary/aromatic N) is 1. The van der Waals surface area contributed by atoms with E-state index in [0.29, 0.717) is 23.6 Å². The lowest BCUT2D eigenvalue weighted by Gasteiger charge is -2.09. The van der Waals surface area contributed by atoms with Gasteiger partial charge in [-0.05, 0) is 68.8 Å². The van der Waals surface area contributed by atoms with Crippen LogP contribution in [0, 0.1) is 0 Å². The molecule has 2 aromatic rings. The molecule has 0 bridgehead atoms. The van der Waals surface area contributed by atoms with Crippen LogP contribution in [-0.4, -0.2) is 37.5 Å². The van der Waals surface area contributed by atoms with Gasteiger partial charge in [0.05, 0.1) is 24.0 Å². The van der Waals surface area contributed by atoms with Gasteiger partial charge in [0.1, 0.15) is 5.75 Å². The van der Waals surface area contributed by atoms with Crippen molar-refractivity contribution in [1.82, 2.24) is 0 Å². The lowest BCUT2D eigenvalue weighted by molar-refractivity contribution is -0.149. The Hall–Kier alpha value is -3.15. The quantitative estimate of drug-likeness (QED) is 0.520. The summed E-state index contributed by atoms with van der Waals surface area (Å²) in [4.78, 5) is 27.6. The minimum Gasteiger partial charge on any atom is -0.482 e. The SMILES string of the molecule is CCOC(=O)c1cccc(N=Cc2ccc(OCC(=O)OC(C)C)cc2)c1. The standard InChI is InChI=1S/C21H23NO5/c1-4-25-21(24)17-6-5-7-18(12-17)22-13-16-8-10-19(11-9-16)26-14-20(23)27-15(2)3/h5-13,15H,4,14H2,1-3H3. The molecule has 6 heteroatoms. The molecule has 6 nitrogen and oxygen atoms in total. The summed E-state index contributed by atoms with van der Waals surface area (Å²) in [5.41, 5.74) is 1.97. The Morgan fingerprint density at radius 2 is 1.85 bits per heavy atom. The number of carbonyl (C=O) groups is 2. The van der Waals surface area contributed by atoms with Crippen LogP contribution in [0.4, 0.5) is 5.69 Å². The number of benzene rings is 2. The molecule has 2 rings (SSSR count). The first-order valence-corrected chi connectivity index (χ1v) is 8.71. The van der Waals surface area contributed by atoms with Crippen LogP contribution in [0.5, 0.6) is 5.75 Å². The maximum atomic E-state index is 11.8. The van der Waals surface area contributed by atoms with Gasteiger partial charge in [0.25, 0.3) is 0 Å². The number of ether oxygens (including phenoxy) is 3. The van der Waals surface area contributed by atoms with Crippen molar-refractivity contribution in [3.8, 4) is 5.75 Å². The molecule has 0 spiro atoms. The average molecular weight is 369 g/mol. The van der Waals surface area contributed by atoms with Crippen molar-refractivity contribution < 1.29 is 23.8 Å². The Labute approximate surface area is 158 Å². The van der Waals surface area contributed by atoms with E-state index in [1.54, 1.807) is 63.4 Å². The van der Waals surface area contributed by atoms with E-state index >= 15 is 0 Å². The minimum atomic E-state index is -0.405. The molecule has 0 saturated heterocycles. The highest BCUT2D eigenvalue weighted by Gasteiger charge is 2.07. The summed E-state index contributed by atoms with van der Waals surface area (Å²) < 4.78 is 15.4. The second-order valence-electron chi connectivity index (χ2n) is 5.93. The largest absolute Gasteiger partial charge is 0.482 e. The maximum absolute atomic E-state index is 11.8. The molecule has 0 aliphatic heterocycles. The number of carbonyl (C=O) groups excluding carboxylic acids is 2. The van der Waals surface area contributed by atoms with Gasteiger partial charge in [-0.1, -0.05) is 6.07 Å². The number of esters is 2. The molecule has 0 heterocycles. The third-order valence-electron chi connectivity index (χ3n) is 3.32. The second-order valence-corrected chi connectivity index (χ2v) is 5.93. The first-order chi connectivity index (χ1) is 13.0. The van der Waals surface area contributed by atoms with Gasteiger partial charge in [0.2, 0.25) is 0 Å². The van der Waals surface area contributed by atoms with Crippen molar-refractivity contribution in [2.45, 2.75) is 26.9 Å². The van der Waals surface area contributed by atoms with Crippen molar-refractivity contribution in [2.75, 3.05) is 13.2 Å². The molecule has 0 atom stereocenters. The van der Waals surface area contributed by atoms with Crippen LogP contribution < -0.4 is 4.74 Å². The van der Waals surface area contributed by atoms with E-state index in [1.165, 1.54) is 0 Å². The van der Waals surface area contributed by atoms with Crippen molar-refractivity contribution >= 4 is 23.8 Å². The average Bonchev–Trinajstić information content (AvgIpc) is 2.65. The molecule has 0 N–H and O–H groups in total. The summed E-state index contributed by atoms with van der Waals surface area (Å²) in [6.45, 7) is 5.53. The van der Waals surface area contributed by atoms with Crippen LogP contribution in [0.2, 0.25) is 0 Å². The molecule has 2 aromatic carbocycles. The molecule has 0 aromatic heterocycles. The fraction of sp³-hybridized carbons (Fsp3) is 0.286. The van der Waals surface area contributed by atoms with Gasteiger partial charge >= 0.3 is 11.9 Å². The Morgan fingerprint density at radius 1 is 1.11 bits per heavy atom. The summed E-state index contributed by atoms with van der Waals surface area (Å²) in [5, 5.41) is 0. The van der Waals surface area contributed by atoms with Gasteiger partial charge in [-0.2, -0.15) is 0 Å². The zero-order valence-electron chi connectivity index (χ0n) is 15.7. The van der Waals surface area contributed by atoms with Crippen molar-refractivity contribution in [1.29, 1.82) is 0 Å². The van der Waals surface area contributed by atoms with Crippen molar-refractivity contribution in [3.05, 3.63) is 59.7 Å². The summed E-state index contributed by atoms with van der Waals surface area (Å²) in [6, 6.07) is 14.1. The lowest BCUT2D eigenvalue weighted by Crippen LogP contribution is -2.18. The topological polar surface area (TPSA) is 74.2 Å². The zero-order chi connectivity index (χ0) is 19.6. The maximum Gasteiger partial charge on any atom is 0.344 e. The number of rotatable bonds is 8. The van der Waals surface area contributed by atoms with Gasteiger partial charge in [-0.3, -0.25) is 4.99 Å². The molecule has 0 aliphatic rings. The van der Waals surface area contributed by atoms with Crippen LogP contribution in [0.15, 0.2) is 53.5 Å². The normalized spacial score (nSPS) is 10.8. The number of hydrogen-bond donors (Lipinski definition) is 0. The highest BCUT2D eigenvalue weighted by Crippen LogP contribution is 2.16. The first-order valence-electron chi connectivity index (χ1n) is 8.71. The van der Waals surface area contributed by atoms with E-state index in [0.717, 1.165) is 5.56 Å². The highest BCUT2D eigenvalue weighted by atomic mass is 16.6. The van der Waals surface area contributed by atoms with Gasteiger partial charge < -0.3 is 14.2 Å². The van der Waals surface area contributed by atoms with Crippen LogP contribution >= 0.6 is 0 Å². The second kappa shape index (κ2) is 10.1. The number of aliphatic imine (C=N–C) groups is 1.